The summed E-state index contributed by atoms with van der Waals surface area (Å²) in [5.74, 6) is -1.76. The molecule has 1 aromatic rings. The maximum absolute atomic E-state index is 10.9. The summed E-state index contributed by atoms with van der Waals surface area (Å²) in [6, 6.07) is 2.35. The number of hydrogen-bond acceptors (Lipinski definition) is 5. The molecule has 0 aliphatic carbocycles. The van der Waals surface area contributed by atoms with Gasteiger partial charge in [0.2, 0.25) is 0 Å². The molecular formula is C7H12Ca3O8S2. The fourth-order valence-corrected chi connectivity index (χ4v) is 3.14. The molecule has 0 aromatic heterocycles. The normalized spacial score (nSPS) is 10.5. The molecule has 20 heavy (non-hydrogen) atoms. The molecule has 0 aliphatic rings. The number of benzene rings is 1. The van der Waals surface area contributed by atoms with Gasteiger partial charge in [-0.2, -0.15) is 16.8 Å². The van der Waals surface area contributed by atoms with Crippen LogP contribution in [0.25, 0.3) is 0 Å². The van der Waals surface area contributed by atoms with Crippen molar-refractivity contribution in [2.75, 3.05) is 0 Å². The minimum absolute atomic E-state index is 0. The average Bonchev–Trinajstić information content (AvgIpc) is 2.13. The molecule has 0 radical (unpaired) electrons. The van der Waals surface area contributed by atoms with Crippen LogP contribution in [-0.4, -0.2) is 150 Å². The van der Waals surface area contributed by atoms with E-state index in [1.165, 1.54) is 0 Å². The molecule has 0 fully saturated rings. The second-order valence-electron chi connectivity index (χ2n) is 2.89. The maximum atomic E-state index is 10.9. The summed E-state index contributed by atoms with van der Waals surface area (Å²) in [6.45, 7) is 0. The number of carboxylic acid groups (broad SMARTS) is 1. The van der Waals surface area contributed by atoms with Gasteiger partial charge in [-0.3, -0.25) is 9.11 Å². The van der Waals surface area contributed by atoms with Gasteiger partial charge in [-0.15, -0.1) is 0 Å². The second-order valence-corrected chi connectivity index (χ2v) is 5.64. The van der Waals surface area contributed by atoms with E-state index in [0.717, 1.165) is 12.1 Å². The second kappa shape index (κ2) is 10.2. The molecule has 0 bridgehead atoms. The number of rotatable bonds is 3. The Hall–Kier alpha value is 2.29. The van der Waals surface area contributed by atoms with Gasteiger partial charge in [-0.25, -0.2) is 4.79 Å². The summed E-state index contributed by atoms with van der Waals surface area (Å²) in [5.41, 5.74) is -0.956. The van der Waals surface area contributed by atoms with E-state index in [1.54, 1.807) is 0 Å². The van der Waals surface area contributed by atoms with Crippen LogP contribution in [0.2, 0.25) is 0 Å². The van der Waals surface area contributed by atoms with Crippen molar-refractivity contribution < 1.29 is 35.8 Å². The first-order valence-corrected chi connectivity index (χ1v) is 6.74. The van der Waals surface area contributed by atoms with Crippen molar-refractivity contribution in [3.8, 4) is 0 Å². The van der Waals surface area contributed by atoms with Crippen LogP contribution in [-0.2, 0) is 20.2 Å². The number of aromatic carboxylic acids is 1. The zero-order valence-electron chi connectivity index (χ0n) is 7.93. The minimum atomic E-state index is -5.11. The Balaban J connectivity index is -0.000000963. The van der Waals surface area contributed by atoms with E-state index in [9.17, 15) is 21.6 Å². The van der Waals surface area contributed by atoms with Crippen molar-refractivity contribution in [3.63, 3.8) is 0 Å². The van der Waals surface area contributed by atoms with E-state index in [4.69, 9.17) is 14.2 Å². The zero-order valence-corrected chi connectivity index (χ0v) is 9.56. The molecule has 0 spiro atoms. The standard InChI is InChI=1S/C7H6O8S2.3Ca.6H/c8-7(9)4-2-1-3-5(16(10,11)12)6(4)17(13,14)15;;;;;;;;;/h1-3H,(H,8,9)(H,10,11,12)(H,13,14,15);;;;;;;;;. The molecule has 106 valence electrons. The van der Waals surface area contributed by atoms with Crippen molar-refractivity contribution in [2.24, 2.45) is 0 Å². The van der Waals surface area contributed by atoms with Gasteiger partial charge in [0.1, 0.15) is 9.79 Å². The molecule has 0 amide bonds. The van der Waals surface area contributed by atoms with Gasteiger partial charge < -0.3 is 5.11 Å². The molecule has 0 aliphatic heterocycles. The molecule has 1 rings (SSSR count). The van der Waals surface area contributed by atoms with E-state index >= 15 is 0 Å². The van der Waals surface area contributed by atoms with Crippen LogP contribution in [0, 0.1) is 0 Å². The van der Waals surface area contributed by atoms with E-state index in [1.807, 2.05) is 0 Å². The summed E-state index contributed by atoms with van der Waals surface area (Å²) in [6.07, 6.45) is 0. The Labute approximate surface area is 204 Å². The van der Waals surface area contributed by atoms with Crippen molar-refractivity contribution in [1.29, 1.82) is 0 Å². The van der Waals surface area contributed by atoms with Gasteiger partial charge in [-0.1, -0.05) is 6.07 Å². The fourth-order valence-electron chi connectivity index (χ4n) is 1.15. The van der Waals surface area contributed by atoms with Crippen molar-refractivity contribution in [1.82, 2.24) is 0 Å². The van der Waals surface area contributed by atoms with Crippen molar-refractivity contribution in [2.45, 2.75) is 9.79 Å². The van der Waals surface area contributed by atoms with Gasteiger partial charge >= 0.3 is 119 Å². The third-order valence-corrected chi connectivity index (χ3v) is 3.73. The average molecular weight is 409 g/mol. The quantitative estimate of drug-likeness (QED) is 0.357. The van der Waals surface area contributed by atoms with Crippen LogP contribution in [0.15, 0.2) is 28.0 Å². The summed E-state index contributed by atoms with van der Waals surface area (Å²) in [4.78, 5) is 8.14. The van der Waals surface area contributed by atoms with Crippen LogP contribution in [0.1, 0.15) is 10.4 Å². The predicted molar refractivity (Wildman–Crippen MR) is 78.7 cm³/mol. The van der Waals surface area contributed by atoms with Crippen molar-refractivity contribution >= 4 is 139 Å². The number of carbonyl (C=O) groups is 1. The van der Waals surface area contributed by atoms with Crippen LogP contribution in [0.4, 0.5) is 0 Å². The topological polar surface area (TPSA) is 146 Å². The summed E-state index contributed by atoms with van der Waals surface area (Å²) in [7, 11) is -10.1. The van der Waals surface area contributed by atoms with Crippen LogP contribution < -0.4 is 0 Å². The molecule has 8 nitrogen and oxygen atoms in total. The number of hydrogen-bond donors (Lipinski definition) is 3. The first-order chi connectivity index (χ1) is 7.55. The monoisotopic (exact) mass is 408 g/mol. The fraction of sp³-hybridized carbons (Fsp3) is 0. The summed E-state index contributed by atoms with van der Waals surface area (Å²) in [5, 5.41) is 8.67. The Morgan fingerprint density at radius 2 is 1.35 bits per heavy atom. The SMILES string of the molecule is O=C(O)c1cccc(S(=O)(=O)O)c1S(=O)(=O)O.[CaH2].[CaH2].[CaH2]. The number of carboxylic acids is 1. The molecule has 1 aromatic carbocycles. The molecule has 13 heteroatoms. The van der Waals surface area contributed by atoms with Crippen LogP contribution >= 0.6 is 0 Å². The zero-order chi connectivity index (χ0) is 13.4. The Morgan fingerprint density at radius 3 is 1.65 bits per heavy atom. The Bertz CT molecular complexity index is 682. The predicted octanol–water partition coefficient (Wildman–Crippen LogP) is -2.87. The van der Waals surface area contributed by atoms with Crippen molar-refractivity contribution in [3.05, 3.63) is 23.8 Å². The van der Waals surface area contributed by atoms with E-state index in [2.05, 4.69) is 0 Å². The van der Waals surface area contributed by atoms with Crippen LogP contribution in [0.3, 0.4) is 0 Å². The van der Waals surface area contributed by atoms with E-state index < -0.39 is 41.6 Å². The molecule has 0 saturated carbocycles. The van der Waals surface area contributed by atoms with E-state index in [0.29, 0.717) is 6.07 Å². The molecule has 3 N–H and O–H groups in total. The Morgan fingerprint density at radius 1 is 0.900 bits per heavy atom. The molecule has 0 unspecified atom stereocenters. The first-order valence-electron chi connectivity index (χ1n) is 3.86. The summed E-state index contributed by atoms with van der Waals surface area (Å²) < 4.78 is 61.1. The van der Waals surface area contributed by atoms with Gasteiger partial charge in [-0.05, 0) is 12.1 Å². The third kappa shape index (κ3) is 7.24. The van der Waals surface area contributed by atoms with E-state index in [-0.39, 0.29) is 113 Å². The Kier molecular flexibility index (Phi) is 13.9. The molecule has 0 atom stereocenters. The first kappa shape index (κ1) is 27.2. The van der Waals surface area contributed by atoms with Gasteiger partial charge in [0, 0.05) is 0 Å². The molecule has 0 heterocycles. The third-order valence-electron chi connectivity index (χ3n) is 1.75. The summed E-state index contributed by atoms with van der Waals surface area (Å²) >= 11 is 0. The van der Waals surface area contributed by atoms with Crippen LogP contribution in [0.5, 0.6) is 0 Å². The van der Waals surface area contributed by atoms with Gasteiger partial charge in [0.25, 0.3) is 20.2 Å². The molecular weight excluding hydrogens is 396 g/mol. The molecule has 0 saturated heterocycles. The van der Waals surface area contributed by atoms with Gasteiger partial charge in [0.15, 0.2) is 0 Å². The van der Waals surface area contributed by atoms with Gasteiger partial charge in [0.05, 0.1) is 5.56 Å².